The largest absolute Gasteiger partial charge is 0.497 e. The molecular formula is C18H18N2O4S. The second-order valence-corrected chi connectivity index (χ2v) is 6.42. The average molecular weight is 358 g/mol. The van der Waals surface area contributed by atoms with Crippen molar-refractivity contribution < 1.29 is 14.3 Å². The van der Waals surface area contributed by atoms with Crippen molar-refractivity contribution in [2.45, 2.75) is 13.0 Å². The molecule has 3 aromatic rings. The van der Waals surface area contributed by atoms with Crippen LogP contribution in [0.2, 0.25) is 0 Å². The van der Waals surface area contributed by atoms with Gasteiger partial charge in [-0.25, -0.2) is 0 Å². The van der Waals surface area contributed by atoms with Crippen LogP contribution < -0.4 is 20.3 Å². The van der Waals surface area contributed by atoms with Crippen molar-refractivity contribution in [3.05, 3.63) is 52.8 Å². The first-order valence-electron chi connectivity index (χ1n) is 7.73. The van der Waals surface area contributed by atoms with Crippen LogP contribution in [0.25, 0.3) is 10.1 Å². The minimum atomic E-state index is -0.187. The molecule has 1 N–H and O–H groups in total. The average Bonchev–Trinajstić information content (AvgIpc) is 2.96. The van der Waals surface area contributed by atoms with Crippen LogP contribution in [0.4, 0.5) is 5.69 Å². The molecule has 7 heteroatoms. The van der Waals surface area contributed by atoms with Gasteiger partial charge in [0, 0.05) is 19.0 Å². The van der Waals surface area contributed by atoms with Crippen LogP contribution in [-0.2, 0) is 11.3 Å². The number of hydrogen-bond acceptors (Lipinski definition) is 5. The van der Waals surface area contributed by atoms with Crippen molar-refractivity contribution in [2.75, 3.05) is 19.5 Å². The van der Waals surface area contributed by atoms with Crippen LogP contribution in [0.15, 0.2) is 47.3 Å². The summed E-state index contributed by atoms with van der Waals surface area (Å²) in [5, 5.41) is 3.49. The van der Waals surface area contributed by atoms with Gasteiger partial charge in [-0.15, -0.1) is 0 Å². The van der Waals surface area contributed by atoms with E-state index in [0.29, 0.717) is 29.1 Å². The number of aromatic nitrogens is 1. The van der Waals surface area contributed by atoms with E-state index >= 15 is 0 Å². The lowest BCUT2D eigenvalue weighted by Gasteiger charge is -2.11. The number of aryl methyl sites for hydroxylation is 1. The Labute approximate surface area is 148 Å². The molecular weight excluding hydrogens is 340 g/mol. The van der Waals surface area contributed by atoms with Gasteiger partial charge >= 0.3 is 0 Å². The Hall–Kier alpha value is -2.80. The summed E-state index contributed by atoms with van der Waals surface area (Å²) < 4.78 is 12.9. The van der Waals surface area contributed by atoms with Crippen LogP contribution in [0.1, 0.15) is 6.42 Å². The van der Waals surface area contributed by atoms with Gasteiger partial charge in [-0.1, -0.05) is 23.7 Å². The summed E-state index contributed by atoms with van der Waals surface area (Å²) in [5.41, 5.74) is 0.507. The number of ether oxygens (including phenoxy) is 2. The third-order valence-corrected chi connectivity index (χ3v) is 4.90. The molecule has 130 valence electrons. The van der Waals surface area contributed by atoms with Crippen LogP contribution in [0.3, 0.4) is 0 Å². The maximum Gasteiger partial charge on any atom is 0.268 e. The van der Waals surface area contributed by atoms with Gasteiger partial charge in [0.15, 0.2) is 0 Å². The van der Waals surface area contributed by atoms with Crippen molar-refractivity contribution in [3.8, 4) is 11.5 Å². The van der Waals surface area contributed by atoms with Gasteiger partial charge in [0.2, 0.25) is 5.91 Å². The molecule has 0 radical (unpaired) electrons. The second kappa shape index (κ2) is 7.40. The number of benzene rings is 2. The second-order valence-electron chi connectivity index (χ2n) is 5.36. The van der Waals surface area contributed by atoms with Gasteiger partial charge in [0.1, 0.15) is 11.5 Å². The molecule has 2 aromatic carbocycles. The highest BCUT2D eigenvalue weighted by Crippen LogP contribution is 2.29. The number of carbonyl (C=O) groups excluding carboxylic acids is 1. The van der Waals surface area contributed by atoms with E-state index in [-0.39, 0.29) is 17.9 Å². The summed E-state index contributed by atoms with van der Waals surface area (Å²) in [6, 6.07) is 12.6. The van der Waals surface area contributed by atoms with Gasteiger partial charge < -0.3 is 14.8 Å². The van der Waals surface area contributed by atoms with E-state index in [9.17, 15) is 9.59 Å². The summed E-state index contributed by atoms with van der Waals surface area (Å²) in [7, 11) is 3.09. The van der Waals surface area contributed by atoms with Crippen molar-refractivity contribution in [1.82, 2.24) is 3.96 Å². The predicted molar refractivity (Wildman–Crippen MR) is 98.9 cm³/mol. The lowest BCUT2D eigenvalue weighted by Crippen LogP contribution is -2.19. The molecule has 0 bridgehead atoms. The number of anilines is 1. The summed E-state index contributed by atoms with van der Waals surface area (Å²) in [6.07, 6.45) is 0.196. The summed E-state index contributed by atoms with van der Waals surface area (Å²) in [4.78, 5) is 24.5. The fraction of sp³-hybridized carbons (Fsp3) is 0.222. The molecule has 25 heavy (non-hydrogen) atoms. The lowest BCUT2D eigenvalue weighted by molar-refractivity contribution is -0.116. The molecule has 0 aliphatic carbocycles. The minimum absolute atomic E-state index is 0.0598. The molecule has 0 saturated heterocycles. The monoisotopic (exact) mass is 358 g/mol. The van der Waals surface area contributed by atoms with Gasteiger partial charge in [-0.2, -0.15) is 0 Å². The summed E-state index contributed by atoms with van der Waals surface area (Å²) in [6.45, 7) is 0.336. The number of amides is 1. The van der Waals surface area contributed by atoms with Gasteiger partial charge in [0.05, 0.1) is 30.0 Å². The number of methoxy groups -OCH3 is 2. The zero-order valence-corrected chi connectivity index (χ0v) is 14.8. The third-order valence-electron chi connectivity index (χ3n) is 3.78. The predicted octanol–water partition coefficient (Wildman–Crippen LogP) is 3.11. The molecule has 1 amide bonds. The Balaban J connectivity index is 1.68. The van der Waals surface area contributed by atoms with E-state index in [2.05, 4.69) is 5.32 Å². The third kappa shape index (κ3) is 3.66. The standard InChI is InChI=1S/C18H18N2O4S/c1-23-12-7-8-14(15(11-12)24-2)19-17(21)9-10-20-18(22)13-5-3-4-6-16(13)25-20/h3-8,11H,9-10H2,1-2H3,(H,19,21). The molecule has 0 unspecified atom stereocenters. The Morgan fingerprint density at radius 3 is 2.68 bits per heavy atom. The van der Waals surface area contributed by atoms with E-state index in [4.69, 9.17) is 9.47 Å². The van der Waals surface area contributed by atoms with E-state index in [0.717, 1.165) is 4.70 Å². The van der Waals surface area contributed by atoms with Gasteiger partial charge in [-0.3, -0.25) is 13.5 Å². The first kappa shape index (κ1) is 17.0. The highest BCUT2D eigenvalue weighted by Gasteiger charge is 2.11. The fourth-order valence-electron chi connectivity index (χ4n) is 2.48. The smallest absolute Gasteiger partial charge is 0.268 e. The van der Waals surface area contributed by atoms with Gasteiger partial charge in [0.25, 0.3) is 5.56 Å². The maximum absolute atomic E-state index is 12.3. The molecule has 6 nitrogen and oxygen atoms in total. The number of nitrogens with zero attached hydrogens (tertiary/aromatic N) is 1. The SMILES string of the molecule is COc1ccc(NC(=O)CCn2sc3ccccc3c2=O)c(OC)c1. The highest BCUT2D eigenvalue weighted by molar-refractivity contribution is 7.13. The number of carbonyl (C=O) groups is 1. The molecule has 1 aromatic heterocycles. The van der Waals surface area contributed by atoms with E-state index < -0.39 is 0 Å². The Kier molecular flexibility index (Phi) is 5.04. The van der Waals surface area contributed by atoms with Gasteiger partial charge in [-0.05, 0) is 24.3 Å². The Morgan fingerprint density at radius 1 is 1.16 bits per heavy atom. The molecule has 1 heterocycles. The zero-order chi connectivity index (χ0) is 17.8. The molecule has 0 aliphatic rings. The highest BCUT2D eigenvalue weighted by atomic mass is 32.1. The van der Waals surface area contributed by atoms with Crippen LogP contribution in [0, 0.1) is 0 Å². The lowest BCUT2D eigenvalue weighted by atomic mass is 10.2. The Morgan fingerprint density at radius 2 is 1.96 bits per heavy atom. The molecule has 0 saturated carbocycles. The molecule has 0 aliphatic heterocycles. The van der Waals surface area contributed by atoms with E-state index in [1.54, 1.807) is 35.3 Å². The minimum Gasteiger partial charge on any atom is -0.497 e. The van der Waals surface area contributed by atoms with Crippen molar-refractivity contribution in [2.24, 2.45) is 0 Å². The quantitative estimate of drug-likeness (QED) is 0.735. The molecule has 3 rings (SSSR count). The molecule has 0 fully saturated rings. The van der Waals surface area contributed by atoms with E-state index in [1.165, 1.54) is 18.6 Å². The van der Waals surface area contributed by atoms with Crippen molar-refractivity contribution >= 4 is 33.2 Å². The fourth-order valence-corrected chi connectivity index (χ4v) is 3.48. The molecule has 0 atom stereocenters. The van der Waals surface area contributed by atoms with Crippen molar-refractivity contribution in [3.63, 3.8) is 0 Å². The summed E-state index contributed by atoms with van der Waals surface area (Å²) in [5.74, 6) is 0.978. The van der Waals surface area contributed by atoms with Crippen LogP contribution in [-0.4, -0.2) is 24.1 Å². The zero-order valence-electron chi connectivity index (χ0n) is 13.9. The Bertz CT molecular complexity index is 961. The maximum atomic E-state index is 12.3. The first-order valence-corrected chi connectivity index (χ1v) is 8.50. The van der Waals surface area contributed by atoms with Crippen LogP contribution in [0.5, 0.6) is 11.5 Å². The van der Waals surface area contributed by atoms with E-state index in [1.807, 2.05) is 18.2 Å². The number of rotatable bonds is 6. The topological polar surface area (TPSA) is 69.6 Å². The number of hydrogen-bond donors (Lipinski definition) is 1. The number of nitrogens with one attached hydrogen (secondary N) is 1. The van der Waals surface area contributed by atoms with Crippen molar-refractivity contribution in [1.29, 1.82) is 0 Å². The molecule has 0 spiro atoms. The number of fused-ring (bicyclic) bond motifs is 1. The normalized spacial score (nSPS) is 10.6. The first-order chi connectivity index (χ1) is 12.1. The summed E-state index contributed by atoms with van der Waals surface area (Å²) >= 11 is 1.37. The van der Waals surface area contributed by atoms with Crippen LogP contribution >= 0.6 is 11.5 Å².